The standard InChI is InChI=1S/C17H22O4/c1-3-4-9-14-13(15(19)17-16(14)21-17)10-7-5-6-8-12(11-18)20-2/h10,14H,3-9H2,1-2H3. The summed E-state index contributed by atoms with van der Waals surface area (Å²) < 4.78 is 10.2. The van der Waals surface area contributed by atoms with Gasteiger partial charge in [-0.1, -0.05) is 25.8 Å². The second-order valence-electron chi connectivity index (χ2n) is 5.45. The lowest BCUT2D eigenvalue weighted by atomic mass is 9.93. The summed E-state index contributed by atoms with van der Waals surface area (Å²) in [7, 11) is 1.48. The van der Waals surface area contributed by atoms with Crippen molar-refractivity contribution in [2.75, 3.05) is 7.11 Å². The third kappa shape index (κ3) is 3.64. The molecule has 0 aromatic rings. The fourth-order valence-electron chi connectivity index (χ4n) is 2.71. The van der Waals surface area contributed by atoms with E-state index in [4.69, 9.17) is 9.47 Å². The summed E-state index contributed by atoms with van der Waals surface area (Å²) in [5, 5.41) is 0. The summed E-state index contributed by atoms with van der Waals surface area (Å²) in [6.45, 7) is 2.15. The van der Waals surface area contributed by atoms with Gasteiger partial charge in [0.1, 0.15) is 0 Å². The fraction of sp³-hybridized carbons (Fsp3) is 0.588. The summed E-state index contributed by atoms with van der Waals surface area (Å²) in [5.41, 5.74) is 0.914. The van der Waals surface area contributed by atoms with Gasteiger partial charge in [-0.3, -0.25) is 4.79 Å². The van der Waals surface area contributed by atoms with Crippen molar-refractivity contribution in [3.8, 4) is 0 Å². The van der Waals surface area contributed by atoms with E-state index in [1.807, 2.05) is 0 Å². The minimum atomic E-state index is 0.0801. The molecule has 1 aliphatic carbocycles. The zero-order valence-electron chi connectivity index (χ0n) is 12.7. The maximum atomic E-state index is 12.1. The Kier molecular flexibility index (Phi) is 5.40. The fourth-order valence-corrected chi connectivity index (χ4v) is 2.71. The number of carbonyl (C=O) groups excluding carboxylic acids is 2. The van der Waals surface area contributed by atoms with Gasteiger partial charge in [-0.15, -0.1) is 0 Å². The van der Waals surface area contributed by atoms with Crippen molar-refractivity contribution >= 4 is 11.7 Å². The summed E-state index contributed by atoms with van der Waals surface area (Å²) in [6, 6.07) is 0. The zero-order valence-corrected chi connectivity index (χ0v) is 12.7. The highest BCUT2D eigenvalue weighted by molar-refractivity contribution is 6.13. The predicted octanol–water partition coefficient (Wildman–Crippen LogP) is 3.47. The van der Waals surface area contributed by atoms with Gasteiger partial charge in [-0.25, -0.2) is 4.79 Å². The van der Waals surface area contributed by atoms with Gasteiger partial charge in [0.05, 0.1) is 7.11 Å². The van der Waals surface area contributed by atoms with Crippen LogP contribution in [-0.2, 0) is 19.1 Å². The highest BCUT2D eigenvalue weighted by Crippen LogP contribution is 2.48. The van der Waals surface area contributed by atoms with E-state index in [-0.39, 0.29) is 11.7 Å². The molecule has 1 atom stereocenters. The van der Waals surface area contributed by atoms with E-state index in [2.05, 4.69) is 13.0 Å². The van der Waals surface area contributed by atoms with Crippen LogP contribution in [0.5, 0.6) is 0 Å². The maximum absolute atomic E-state index is 12.1. The Morgan fingerprint density at radius 3 is 2.86 bits per heavy atom. The van der Waals surface area contributed by atoms with Crippen LogP contribution in [0, 0.1) is 5.92 Å². The van der Waals surface area contributed by atoms with Gasteiger partial charge in [0, 0.05) is 17.9 Å². The Balaban J connectivity index is 1.80. The lowest BCUT2D eigenvalue weighted by Crippen LogP contribution is -2.10. The summed E-state index contributed by atoms with van der Waals surface area (Å²) >= 11 is 0. The summed E-state index contributed by atoms with van der Waals surface area (Å²) in [6.07, 6.45) is 8.52. The molecule has 0 fully saturated rings. The molecule has 4 heteroatoms. The molecule has 21 heavy (non-hydrogen) atoms. The summed E-state index contributed by atoms with van der Waals surface area (Å²) in [4.78, 5) is 22.5. The number of Topliss-reactive ketones (excluding diaryl/α,β-unsaturated/α-hetero) is 1. The zero-order chi connectivity index (χ0) is 15.2. The second-order valence-corrected chi connectivity index (χ2v) is 5.45. The van der Waals surface area contributed by atoms with E-state index < -0.39 is 0 Å². The monoisotopic (exact) mass is 290 g/mol. The third-order valence-electron chi connectivity index (χ3n) is 3.98. The maximum Gasteiger partial charge on any atom is 0.228 e. The number of hydrogen-bond donors (Lipinski definition) is 0. The predicted molar refractivity (Wildman–Crippen MR) is 78.9 cm³/mol. The van der Waals surface area contributed by atoms with E-state index in [0.29, 0.717) is 17.9 Å². The topological polar surface area (TPSA) is 55.9 Å². The Bertz CT molecular complexity index is 521. The molecule has 1 unspecified atom stereocenters. The molecule has 2 aliphatic rings. The van der Waals surface area contributed by atoms with Crippen molar-refractivity contribution in [2.24, 2.45) is 5.92 Å². The largest absolute Gasteiger partial charge is 0.490 e. The lowest BCUT2D eigenvalue weighted by Gasteiger charge is -2.13. The van der Waals surface area contributed by atoms with Gasteiger partial charge >= 0.3 is 0 Å². The van der Waals surface area contributed by atoms with E-state index in [1.165, 1.54) is 7.11 Å². The lowest BCUT2D eigenvalue weighted by molar-refractivity contribution is -0.113. The smallest absolute Gasteiger partial charge is 0.228 e. The first kappa shape index (κ1) is 15.6. The van der Waals surface area contributed by atoms with Crippen molar-refractivity contribution in [3.63, 3.8) is 0 Å². The van der Waals surface area contributed by atoms with Gasteiger partial charge in [-0.2, -0.15) is 0 Å². The molecule has 2 rings (SSSR count). The van der Waals surface area contributed by atoms with Crippen molar-refractivity contribution in [1.29, 1.82) is 0 Å². The van der Waals surface area contributed by atoms with Gasteiger partial charge in [0.2, 0.25) is 11.5 Å². The van der Waals surface area contributed by atoms with Gasteiger partial charge in [-0.05, 0) is 25.7 Å². The SMILES string of the molecule is CCCCC1C(=CCCCCC(=C=O)OC)C(=O)C2=C1O2. The minimum Gasteiger partial charge on any atom is -0.490 e. The van der Waals surface area contributed by atoms with Crippen LogP contribution in [0.2, 0.25) is 0 Å². The quantitative estimate of drug-likeness (QED) is 0.282. The van der Waals surface area contributed by atoms with Crippen molar-refractivity contribution in [1.82, 2.24) is 0 Å². The highest BCUT2D eigenvalue weighted by atomic mass is 16.6. The van der Waals surface area contributed by atoms with Crippen LogP contribution in [-0.4, -0.2) is 18.8 Å². The number of ketones is 1. The number of rotatable bonds is 9. The van der Waals surface area contributed by atoms with Gasteiger partial charge < -0.3 is 9.47 Å². The van der Waals surface area contributed by atoms with Crippen LogP contribution >= 0.6 is 0 Å². The number of ether oxygens (including phenoxy) is 2. The number of carbonyl (C=O) groups is 1. The Labute approximate surface area is 125 Å². The average molecular weight is 290 g/mol. The molecule has 0 saturated carbocycles. The molecular weight excluding hydrogens is 268 g/mol. The Hall–Kier alpha value is -1.80. The highest BCUT2D eigenvalue weighted by Gasteiger charge is 2.49. The van der Waals surface area contributed by atoms with Crippen LogP contribution in [0.1, 0.15) is 51.9 Å². The Morgan fingerprint density at radius 1 is 1.38 bits per heavy atom. The molecule has 1 heterocycles. The first-order valence-corrected chi connectivity index (χ1v) is 7.67. The molecular formula is C17H22O4. The van der Waals surface area contributed by atoms with Crippen LogP contribution < -0.4 is 0 Å². The molecule has 0 bridgehead atoms. The first-order valence-electron chi connectivity index (χ1n) is 7.67. The van der Waals surface area contributed by atoms with Gasteiger partial charge in [0.15, 0.2) is 17.5 Å². The molecule has 1 aliphatic heterocycles. The number of allylic oxidation sites excluding steroid dienone is 4. The molecule has 0 N–H and O–H groups in total. The number of unbranched alkanes of at least 4 members (excludes halogenated alkanes) is 3. The Morgan fingerprint density at radius 2 is 2.19 bits per heavy atom. The molecule has 114 valence electrons. The van der Waals surface area contributed by atoms with Crippen LogP contribution in [0.3, 0.4) is 0 Å². The van der Waals surface area contributed by atoms with Crippen LogP contribution in [0.15, 0.2) is 28.9 Å². The van der Waals surface area contributed by atoms with Crippen LogP contribution in [0.25, 0.3) is 0 Å². The number of hydrogen-bond acceptors (Lipinski definition) is 4. The van der Waals surface area contributed by atoms with Crippen molar-refractivity contribution < 1.29 is 19.1 Å². The van der Waals surface area contributed by atoms with Gasteiger partial charge in [0.25, 0.3) is 0 Å². The molecule has 0 aromatic carbocycles. The average Bonchev–Trinajstić information content (AvgIpc) is 3.24. The molecule has 4 nitrogen and oxygen atoms in total. The molecule has 0 radical (unpaired) electrons. The van der Waals surface area contributed by atoms with Crippen molar-refractivity contribution in [2.45, 2.75) is 51.9 Å². The summed E-state index contributed by atoms with van der Waals surface area (Å²) in [5.74, 6) is 3.92. The van der Waals surface area contributed by atoms with Crippen LogP contribution in [0.4, 0.5) is 0 Å². The first-order chi connectivity index (χ1) is 10.2. The normalized spacial score (nSPS) is 21.1. The third-order valence-corrected chi connectivity index (χ3v) is 3.98. The molecule has 0 aromatic heterocycles. The van der Waals surface area contributed by atoms with E-state index in [9.17, 15) is 9.59 Å². The van der Waals surface area contributed by atoms with E-state index in [0.717, 1.165) is 49.9 Å². The molecule has 0 amide bonds. The van der Waals surface area contributed by atoms with Crippen molar-refractivity contribution in [3.05, 3.63) is 28.9 Å². The number of methoxy groups -OCH3 is 1. The minimum absolute atomic E-state index is 0.0801. The molecule has 0 saturated heterocycles. The van der Waals surface area contributed by atoms with E-state index in [1.54, 1.807) is 5.94 Å². The second kappa shape index (κ2) is 7.28. The van der Waals surface area contributed by atoms with E-state index >= 15 is 0 Å². The molecule has 0 spiro atoms.